The summed E-state index contributed by atoms with van der Waals surface area (Å²) in [5, 5.41) is 4.69. The van der Waals surface area contributed by atoms with Gasteiger partial charge < -0.3 is 5.73 Å². The number of rotatable bonds is 6. The molecule has 3 heteroatoms. The lowest BCUT2D eigenvalue weighted by molar-refractivity contribution is 0.471. The highest BCUT2D eigenvalue weighted by molar-refractivity contribution is 5.30. The third-order valence-electron chi connectivity index (χ3n) is 4.07. The monoisotopic (exact) mass is 271 g/mol. The second-order valence-corrected chi connectivity index (χ2v) is 5.54. The van der Waals surface area contributed by atoms with E-state index in [4.69, 9.17) is 5.73 Å². The molecular weight excluding hydrogens is 246 g/mol. The quantitative estimate of drug-likeness (QED) is 0.874. The number of hydrogen-bond donors (Lipinski definition) is 1. The van der Waals surface area contributed by atoms with Gasteiger partial charge in [-0.05, 0) is 50.4 Å². The van der Waals surface area contributed by atoms with Crippen molar-refractivity contribution >= 4 is 0 Å². The summed E-state index contributed by atoms with van der Waals surface area (Å²) >= 11 is 0. The topological polar surface area (TPSA) is 43.8 Å². The largest absolute Gasteiger partial charge is 0.330 e. The van der Waals surface area contributed by atoms with Crippen LogP contribution in [0.25, 0.3) is 0 Å². The smallest absolute Gasteiger partial charge is 0.0631 e. The molecule has 2 atom stereocenters. The fourth-order valence-corrected chi connectivity index (χ4v) is 2.54. The summed E-state index contributed by atoms with van der Waals surface area (Å²) in [6, 6.07) is 11.1. The number of hydrogen-bond acceptors (Lipinski definition) is 2. The van der Waals surface area contributed by atoms with Gasteiger partial charge in [0.1, 0.15) is 0 Å². The third-order valence-corrected chi connectivity index (χ3v) is 4.07. The molecule has 108 valence electrons. The maximum Gasteiger partial charge on any atom is 0.0631 e. The fraction of sp³-hybridized carbons (Fsp3) is 0.471. The Morgan fingerprint density at radius 3 is 2.65 bits per heavy atom. The van der Waals surface area contributed by atoms with E-state index in [1.54, 1.807) is 0 Å². The zero-order valence-corrected chi connectivity index (χ0v) is 12.7. The summed E-state index contributed by atoms with van der Waals surface area (Å²) in [5.74, 6) is 0.344. The first-order valence-corrected chi connectivity index (χ1v) is 7.45. The first-order chi connectivity index (χ1) is 9.65. The lowest BCUT2D eigenvalue weighted by Gasteiger charge is -2.16. The highest BCUT2D eigenvalue weighted by atomic mass is 15.3. The van der Waals surface area contributed by atoms with Gasteiger partial charge in [0.2, 0.25) is 0 Å². The van der Waals surface area contributed by atoms with E-state index in [-0.39, 0.29) is 0 Å². The van der Waals surface area contributed by atoms with E-state index in [2.05, 4.69) is 67.1 Å². The molecule has 1 aromatic carbocycles. The lowest BCUT2D eigenvalue weighted by atomic mass is 9.91. The van der Waals surface area contributed by atoms with Crippen molar-refractivity contribution in [1.82, 2.24) is 9.78 Å². The molecule has 0 bridgehead atoms. The van der Waals surface area contributed by atoms with E-state index in [1.165, 1.54) is 11.1 Å². The third kappa shape index (κ3) is 3.28. The van der Waals surface area contributed by atoms with Crippen LogP contribution in [0.15, 0.2) is 36.5 Å². The van der Waals surface area contributed by atoms with Crippen molar-refractivity contribution in [1.29, 1.82) is 0 Å². The van der Waals surface area contributed by atoms with Crippen molar-refractivity contribution < 1.29 is 0 Å². The molecular formula is C17H25N3. The van der Waals surface area contributed by atoms with Crippen LogP contribution < -0.4 is 5.73 Å². The van der Waals surface area contributed by atoms with Crippen LogP contribution in [-0.2, 0) is 6.42 Å². The molecule has 20 heavy (non-hydrogen) atoms. The minimum absolute atomic E-state index is 0.344. The molecule has 0 radical (unpaired) electrons. The predicted octanol–water partition coefficient (Wildman–Crippen LogP) is 3.45. The number of aryl methyl sites for hydroxylation is 1. The molecule has 2 unspecified atom stereocenters. The Morgan fingerprint density at radius 2 is 2.00 bits per heavy atom. The molecule has 0 aliphatic carbocycles. The number of nitrogens with zero attached hydrogens (tertiary/aromatic N) is 2. The first kappa shape index (κ1) is 14.8. The normalized spacial score (nSPS) is 14.2. The number of aromatic nitrogens is 2. The Balaban J connectivity index is 2.15. The Hall–Kier alpha value is -1.61. The van der Waals surface area contributed by atoms with Crippen LogP contribution in [0.4, 0.5) is 0 Å². The minimum Gasteiger partial charge on any atom is -0.330 e. The van der Waals surface area contributed by atoms with Crippen molar-refractivity contribution in [3.05, 3.63) is 53.3 Å². The van der Waals surface area contributed by atoms with Gasteiger partial charge in [0.25, 0.3) is 0 Å². The van der Waals surface area contributed by atoms with E-state index >= 15 is 0 Å². The van der Waals surface area contributed by atoms with Gasteiger partial charge in [-0.15, -0.1) is 0 Å². The molecule has 2 aromatic rings. The molecule has 1 heterocycles. The van der Waals surface area contributed by atoms with Crippen molar-refractivity contribution in [3.8, 4) is 0 Å². The molecule has 0 saturated carbocycles. The van der Waals surface area contributed by atoms with Gasteiger partial charge in [-0.25, -0.2) is 0 Å². The van der Waals surface area contributed by atoms with Crippen LogP contribution in [0.2, 0.25) is 0 Å². The van der Waals surface area contributed by atoms with Crippen LogP contribution in [-0.4, -0.2) is 16.3 Å². The van der Waals surface area contributed by atoms with E-state index in [0.717, 1.165) is 18.5 Å². The lowest BCUT2D eigenvalue weighted by Crippen LogP contribution is -2.16. The summed E-state index contributed by atoms with van der Waals surface area (Å²) < 4.78 is 2.06. The molecule has 3 nitrogen and oxygen atoms in total. The van der Waals surface area contributed by atoms with E-state index in [9.17, 15) is 0 Å². The highest BCUT2D eigenvalue weighted by Gasteiger charge is 2.14. The molecule has 0 saturated heterocycles. The van der Waals surface area contributed by atoms with Gasteiger partial charge >= 0.3 is 0 Å². The average Bonchev–Trinajstić information content (AvgIpc) is 2.93. The molecule has 1 aromatic heterocycles. The maximum atomic E-state index is 5.98. The zero-order chi connectivity index (χ0) is 14.5. The Bertz CT molecular complexity index is 545. The first-order valence-electron chi connectivity index (χ1n) is 7.45. The van der Waals surface area contributed by atoms with Crippen molar-refractivity contribution in [2.45, 2.75) is 45.6 Å². The molecule has 0 spiro atoms. The van der Waals surface area contributed by atoms with Crippen molar-refractivity contribution in [2.75, 3.05) is 6.54 Å². The minimum atomic E-state index is 0.344. The van der Waals surface area contributed by atoms with Crippen LogP contribution in [0, 0.1) is 6.92 Å². The molecule has 2 rings (SSSR count). The van der Waals surface area contributed by atoms with Gasteiger partial charge in [-0.1, -0.05) is 31.2 Å². The summed E-state index contributed by atoms with van der Waals surface area (Å²) in [6.07, 6.45) is 4.08. The van der Waals surface area contributed by atoms with E-state index in [0.29, 0.717) is 18.5 Å². The Labute approximate surface area is 121 Å². The molecule has 2 N–H and O–H groups in total. The second kappa shape index (κ2) is 6.71. The summed E-state index contributed by atoms with van der Waals surface area (Å²) in [4.78, 5) is 0. The second-order valence-electron chi connectivity index (χ2n) is 5.54. The van der Waals surface area contributed by atoms with Gasteiger partial charge in [-0.3, -0.25) is 4.68 Å². The number of nitrogens with two attached hydrogens (primary N) is 1. The van der Waals surface area contributed by atoms with Crippen LogP contribution in [0.1, 0.15) is 49.0 Å². The van der Waals surface area contributed by atoms with E-state index in [1.807, 2.05) is 0 Å². The van der Waals surface area contributed by atoms with Crippen LogP contribution in [0.5, 0.6) is 0 Å². The summed E-state index contributed by atoms with van der Waals surface area (Å²) in [7, 11) is 0. The summed E-state index contributed by atoms with van der Waals surface area (Å²) in [6.45, 7) is 7.18. The number of benzene rings is 1. The fourth-order valence-electron chi connectivity index (χ4n) is 2.54. The Morgan fingerprint density at radius 1 is 1.25 bits per heavy atom. The molecule has 0 fully saturated rings. The Kier molecular flexibility index (Phi) is 4.96. The zero-order valence-electron chi connectivity index (χ0n) is 12.7. The van der Waals surface area contributed by atoms with Gasteiger partial charge in [0.05, 0.1) is 5.69 Å². The highest BCUT2D eigenvalue weighted by Crippen LogP contribution is 2.23. The van der Waals surface area contributed by atoms with Gasteiger partial charge in [-0.2, -0.15) is 5.10 Å². The molecule has 0 aliphatic rings. The van der Waals surface area contributed by atoms with Gasteiger partial charge in [0, 0.05) is 18.2 Å². The van der Waals surface area contributed by atoms with Crippen LogP contribution in [0.3, 0.4) is 0 Å². The molecule has 0 amide bonds. The van der Waals surface area contributed by atoms with Crippen molar-refractivity contribution in [3.63, 3.8) is 0 Å². The van der Waals surface area contributed by atoms with Crippen molar-refractivity contribution in [2.24, 2.45) is 5.73 Å². The molecule has 0 aliphatic heterocycles. The average molecular weight is 271 g/mol. The van der Waals surface area contributed by atoms with Crippen LogP contribution >= 0.6 is 0 Å². The summed E-state index contributed by atoms with van der Waals surface area (Å²) in [5.41, 5.74) is 9.76. The SMILES string of the molecule is CCC(C)n1ccc(CC(CN)c2ccccc2C)n1. The van der Waals surface area contributed by atoms with E-state index < -0.39 is 0 Å². The standard InChI is InChI=1S/C17H25N3/c1-4-14(3)20-10-9-16(19-20)11-15(12-18)17-8-6-5-7-13(17)2/h5-10,14-15H,4,11-12,18H2,1-3H3. The van der Waals surface area contributed by atoms with Gasteiger partial charge in [0.15, 0.2) is 0 Å². The predicted molar refractivity (Wildman–Crippen MR) is 83.9 cm³/mol. The maximum absolute atomic E-state index is 5.98.